The van der Waals surface area contributed by atoms with Crippen molar-refractivity contribution in [3.05, 3.63) is 65.1 Å². The number of hydrogen-bond donors (Lipinski definition) is 1. The third kappa shape index (κ3) is 2.47. The lowest BCUT2D eigenvalue weighted by molar-refractivity contribution is 0.417. The van der Waals surface area contributed by atoms with E-state index in [1.807, 2.05) is 11.0 Å². The highest BCUT2D eigenvalue weighted by atomic mass is 19.1. The first kappa shape index (κ1) is 15.7. The molecule has 1 aromatic heterocycles. The lowest BCUT2D eigenvalue weighted by atomic mass is 9.96. The lowest BCUT2D eigenvalue weighted by Crippen LogP contribution is -2.14. The van der Waals surface area contributed by atoms with Crippen molar-refractivity contribution in [1.29, 1.82) is 0 Å². The molecule has 0 atom stereocenters. The summed E-state index contributed by atoms with van der Waals surface area (Å²) in [5.41, 5.74) is 4.99. The van der Waals surface area contributed by atoms with Gasteiger partial charge in [0.25, 0.3) is 0 Å². The monoisotopic (exact) mass is 338 g/mol. The topological polar surface area (TPSA) is 49.5 Å². The molecule has 0 saturated carbocycles. The van der Waals surface area contributed by atoms with Gasteiger partial charge in [0.05, 0.1) is 11.6 Å². The van der Waals surface area contributed by atoms with Crippen LogP contribution in [0.5, 0.6) is 5.75 Å². The fraction of sp³-hybridized carbons (Fsp3) is 0.250. The number of nitrogens with zero attached hydrogens (tertiary/aromatic N) is 2. The van der Waals surface area contributed by atoms with E-state index < -0.39 is 0 Å². The summed E-state index contributed by atoms with van der Waals surface area (Å²) in [6, 6.07) is 6.76. The van der Waals surface area contributed by atoms with Gasteiger partial charge in [-0.3, -0.25) is 0 Å². The molecule has 5 heteroatoms. The van der Waals surface area contributed by atoms with E-state index in [0.29, 0.717) is 35.3 Å². The first-order valence-electron chi connectivity index (χ1n) is 8.27. The maximum absolute atomic E-state index is 13.5. The maximum atomic E-state index is 13.5. The molecule has 4 rings (SSSR count). The Bertz CT molecular complexity index is 991. The molecular formula is C20H19FN2O2. The molecule has 25 heavy (non-hydrogen) atoms. The Morgan fingerprint density at radius 1 is 1.28 bits per heavy atom. The zero-order valence-corrected chi connectivity index (χ0v) is 14.2. The van der Waals surface area contributed by atoms with E-state index in [1.54, 1.807) is 12.1 Å². The third-order valence-electron chi connectivity index (χ3n) is 4.85. The van der Waals surface area contributed by atoms with E-state index in [4.69, 9.17) is 4.52 Å². The molecule has 128 valence electrons. The summed E-state index contributed by atoms with van der Waals surface area (Å²) in [5, 5.41) is 15.1. The van der Waals surface area contributed by atoms with Gasteiger partial charge in [-0.1, -0.05) is 31.6 Å². The second kappa shape index (κ2) is 5.62. The summed E-state index contributed by atoms with van der Waals surface area (Å²) in [6.45, 7) is 9.53. The fourth-order valence-electron chi connectivity index (χ4n) is 3.42. The SMILES string of the molecule is C=C(c1cc(C(C)C)c2oncc2c1O)N1Cc2ccc(F)cc2C1. The molecular weight excluding hydrogens is 319 g/mol. The number of aromatic hydroxyl groups is 1. The summed E-state index contributed by atoms with van der Waals surface area (Å²) in [6.07, 6.45) is 1.53. The summed E-state index contributed by atoms with van der Waals surface area (Å²) < 4.78 is 18.8. The van der Waals surface area contributed by atoms with Crippen molar-refractivity contribution in [2.24, 2.45) is 0 Å². The Kier molecular flexibility index (Phi) is 3.53. The maximum Gasteiger partial charge on any atom is 0.174 e. The number of aromatic nitrogens is 1. The zero-order chi connectivity index (χ0) is 17.7. The van der Waals surface area contributed by atoms with Gasteiger partial charge in [-0.2, -0.15) is 0 Å². The van der Waals surface area contributed by atoms with Crippen LogP contribution in [0.2, 0.25) is 0 Å². The number of phenols is 1. The van der Waals surface area contributed by atoms with Gasteiger partial charge in [-0.25, -0.2) is 4.39 Å². The van der Waals surface area contributed by atoms with Crippen molar-refractivity contribution in [2.45, 2.75) is 32.9 Å². The predicted octanol–water partition coefficient (Wildman–Crippen LogP) is 4.78. The van der Waals surface area contributed by atoms with Crippen LogP contribution >= 0.6 is 0 Å². The van der Waals surface area contributed by atoms with E-state index in [2.05, 4.69) is 25.6 Å². The smallest absolute Gasteiger partial charge is 0.174 e. The Balaban J connectivity index is 1.75. The number of fused-ring (bicyclic) bond motifs is 2. The van der Waals surface area contributed by atoms with Crippen molar-refractivity contribution < 1.29 is 14.0 Å². The van der Waals surface area contributed by atoms with Crippen LogP contribution in [0.1, 0.15) is 42.0 Å². The van der Waals surface area contributed by atoms with E-state index in [1.165, 1.54) is 12.3 Å². The van der Waals surface area contributed by atoms with Gasteiger partial charge in [0, 0.05) is 29.9 Å². The van der Waals surface area contributed by atoms with Crippen molar-refractivity contribution in [1.82, 2.24) is 10.1 Å². The van der Waals surface area contributed by atoms with Gasteiger partial charge in [0.2, 0.25) is 0 Å². The third-order valence-corrected chi connectivity index (χ3v) is 4.85. The van der Waals surface area contributed by atoms with Crippen molar-refractivity contribution in [2.75, 3.05) is 0 Å². The number of phenolic OH excluding ortho intramolecular Hbond substituents is 1. The molecule has 1 aliphatic heterocycles. The Labute approximate surface area is 145 Å². The molecule has 1 N–H and O–H groups in total. The lowest BCUT2D eigenvalue weighted by Gasteiger charge is -2.22. The standard InChI is InChI=1S/C20H19FN2O2/c1-11(2)16-7-17(19(24)18-8-22-25-20(16)18)12(3)23-9-13-4-5-15(21)6-14(13)10-23/h4-8,11,24H,3,9-10H2,1-2H3. The van der Waals surface area contributed by atoms with Crippen LogP contribution in [0.25, 0.3) is 16.7 Å². The van der Waals surface area contributed by atoms with Crippen molar-refractivity contribution in [3.63, 3.8) is 0 Å². The van der Waals surface area contributed by atoms with E-state index in [0.717, 1.165) is 16.7 Å². The molecule has 2 heterocycles. The minimum absolute atomic E-state index is 0.118. The average molecular weight is 338 g/mol. The second-order valence-electron chi connectivity index (χ2n) is 6.80. The van der Waals surface area contributed by atoms with Gasteiger partial charge >= 0.3 is 0 Å². The summed E-state index contributed by atoms with van der Waals surface area (Å²) in [4.78, 5) is 2.04. The van der Waals surface area contributed by atoms with Crippen LogP contribution in [0.4, 0.5) is 4.39 Å². The molecule has 0 unspecified atom stereocenters. The molecule has 4 nitrogen and oxygen atoms in total. The molecule has 0 radical (unpaired) electrons. The second-order valence-corrected chi connectivity index (χ2v) is 6.80. The van der Waals surface area contributed by atoms with Gasteiger partial charge in [0.15, 0.2) is 5.58 Å². The number of benzene rings is 2. The predicted molar refractivity (Wildman–Crippen MR) is 94.4 cm³/mol. The van der Waals surface area contributed by atoms with E-state index >= 15 is 0 Å². The molecule has 0 spiro atoms. The largest absolute Gasteiger partial charge is 0.506 e. The van der Waals surface area contributed by atoms with E-state index in [9.17, 15) is 9.50 Å². The summed E-state index contributed by atoms with van der Waals surface area (Å²) in [7, 11) is 0. The van der Waals surface area contributed by atoms with E-state index in [-0.39, 0.29) is 17.5 Å². The van der Waals surface area contributed by atoms with Crippen LogP contribution in [0, 0.1) is 5.82 Å². The number of rotatable bonds is 3. The van der Waals surface area contributed by atoms with Gasteiger partial charge in [0.1, 0.15) is 11.6 Å². The van der Waals surface area contributed by atoms with Crippen LogP contribution in [-0.2, 0) is 13.1 Å². The molecule has 0 amide bonds. The highest BCUT2D eigenvalue weighted by molar-refractivity contribution is 5.91. The molecule has 0 aliphatic carbocycles. The van der Waals surface area contributed by atoms with Gasteiger partial charge in [-0.05, 0) is 35.2 Å². The summed E-state index contributed by atoms with van der Waals surface area (Å²) in [5.74, 6) is 0.0994. The summed E-state index contributed by atoms with van der Waals surface area (Å²) >= 11 is 0. The van der Waals surface area contributed by atoms with Crippen LogP contribution in [0.15, 0.2) is 41.6 Å². The molecule has 1 aliphatic rings. The quantitative estimate of drug-likeness (QED) is 0.746. The molecule has 0 bridgehead atoms. The van der Waals surface area contributed by atoms with Gasteiger partial charge in [-0.15, -0.1) is 0 Å². The van der Waals surface area contributed by atoms with Gasteiger partial charge < -0.3 is 14.5 Å². The molecule has 3 aromatic rings. The Morgan fingerprint density at radius 3 is 2.80 bits per heavy atom. The molecule has 0 fully saturated rings. The minimum atomic E-state index is -0.234. The highest BCUT2D eigenvalue weighted by Gasteiger charge is 2.25. The van der Waals surface area contributed by atoms with Crippen molar-refractivity contribution in [3.8, 4) is 5.75 Å². The highest BCUT2D eigenvalue weighted by Crippen LogP contribution is 2.40. The molecule has 2 aromatic carbocycles. The molecule has 0 saturated heterocycles. The number of halogens is 1. The number of hydrogen-bond acceptors (Lipinski definition) is 4. The first-order valence-corrected chi connectivity index (χ1v) is 8.27. The fourth-order valence-corrected chi connectivity index (χ4v) is 3.42. The van der Waals surface area contributed by atoms with Crippen LogP contribution in [0.3, 0.4) is 0 Å². The normalized spacial score (nSPS) is 13.7. The van der Waals surface area contributed by atoms with Crippen LogP contribution < -0.4 is 0 Å². The first-order chi connectivity index (χ1) is 12.0. The Morgan fingerprint density at radius 2 is 2.04 bits per heavy atom. The zero-order valence-electron chi connectivity index (χ0n) is 14.2. The van der Waals surface area contributed by atoms with Crippen molar-refractivity contribution >= 4 is 16.7 Å². The Hall–Kier alpha value is -2.82. The minimum Gasteiger partial charge on any atom is -0.506 e. The average Bonchev–Trinajstić information content (AvgIpc) is 3.20. The van der Waals surface area contributed by atoms with Crippen LogP contribution in [-0.4, -0.2) is 15.2 Å².